The van der Waals surface area contributed by atoms with Crippen molar-refractivity contribution in [2.75, 3.05) is 26.2 Å². The molecule has 0 bridgehead atoms. The van der Waals surface area contributed by atoms with Gasteiger partial charge in [0.25, 0.3) is 11.8 Å². The van der Waals surface area contributed by atoms with Crippen molar-refractivity contribution < 1.29 is 9.59 Å². The number of halogens is 1. The van der Waals surface area contributed by atoms with Crippen LogP contribution in [0, 0.1) is 0 Å². The van der Waals surface area contributed by atoms with E-state index < -0.39 is 0 Å². The molecule has 3 aromatic rings. The van der Waals surface area contributed by atoms with Crippen molar-refractivity contribution in [1.82, 2.24) is 14.8 Å². The van der Waals surface area contributed by atoms with Crippen LogP contribution in [-0.4, -0.2) is 52.8 Å². The van der Waals surface area contributed by atoms with Gasteiger partial charge in [-0.1, -0.05) is 30.3 Å². The van der Waals surface area contributed by atoms with Crippen LogP contribution in [-0.2, 0) is 0 Å². The van der Waals surface area contributed by atoms with E-state index in [2.05, 4.69) is 40.3 Å². The number of hydrogen-bond acceptors (Lipinski definition) is 3. The maximum absolute atomic E-state index is 12.4. The number of aromatic nitrogens is 1. The summed E-state index contributed by atoms with van der Waals surface area (Å²) in [5.41, 5.74) is 3.77. The van der Waals surface area contributed by atoms with E-state index in [0.29, 0.717) is 23.6 Å². The molecule has 0 atom stereocenters. The second-order valence-corrected chi connectivity index (χ2v) is 8.42. The second-order valence-electron chi connectivity index (χ2n) is 8.42. The molecule has 5 nitrogen and oxygen atoms in total. The van der Waals surface area contributed by atoms with Gasteiger partial charge in [-0.3, -0.25) is 14.5 Å². The van der Waals surface area contributed by atoms with E-state index >= 15 is 0 Å². The molecule has 1 aromatic heterocycles. The molecule has 0 radical (unpaired) electrons. The zero-order valence-electron chi connectivity index (χ0n) is 17.5. The van der Waals surface area contributed by atoms with Gasteiger partial charge in [0.05, 0.1) is 11.1 Å². The van der Waals surface area contributed by atoms with Gasteiger partial charge < -0.3 is 9.88 Å². The number of hydrogen-bond donors (Lipinski definition) is 1. The van der Waals surface area contributed by atoms with Crippen LogP contribution in [0.5, 0.6) is 0 Å². The fourth-order valence-corrected chi connectivity index (χ4v) is 4.95. The first kappa shape index (κ1) is 21.6. The van der Waals surface area contributed by atoms with E-state index in [1.807, 2.05) is 12.1 Å². The average Bonchev–Trinajstić information content (AvgIpc) is 3.32. The second kappa shape index (κ2) is 9.25. The number of fused-ring (bicyclic) bond motifs is 2. The molecule has 5 rings (SSSR count). The predicted molar refractivity (Wildman–Crippen MR) is 125 cm³/mol. The largest absolute Gasteiger partial charge is 0.361 e. The number of likely N-dealkylation sites (tertiary alicyclic amines) is 1. The van der Waals surface area contributed by atoms with Crippen LogP contribution in [0.4, 0.5) is 0 Å². The number of carbonyl (C=O) groups is 2. The van der Waals surface area contributed by atoms with Crippen molar-refractivity contribution in [2.45, 2.75) is 31.6 Å². The van der Waals surface area contributed by atoms with Crippen LogP contribution >= 0.6 is 12.4 Å². The third-order valence-corrected chi connectivity index (χ3v) is 6.63. The molecular weight excluding hydrogens is 410 g/mol. The van der Waals surface area contributed by atoms with Gasteiger partial charge in [0.15, 0.2) is 0 Å². The summed E-state index contributed by atoms with van der Waals surface area (Å²) < 4.78 is 0. The maximum Gasteiger partial charge on any atom is 0.261 e. The number of amides is 2. The molecule has 162 valence electrons. The number of aromatic amines is 1. The van der Waals surface area contributed by atoms with E-state index in [1.54, 1.807) is 12.1 Å². The summed E-state index contributed by atoms with van der Waals surface area (Å²) in [7, 11) is 0. The normalized spacial score (nSPS) is 17.2. The lowest BCUT2D eigenvalue weighted by atomic mass is 9.89. The molecule has 1 saturated heterocycles. The maximum atomic E-state index is 12.4. The van der Waals surface area contributed by atoms with Gasteiger partial charge in [-0.25, -0.2) is 0 Å². The summed E-state index contributed by atoms with van der Waals surface area (Å²) in [5, 5.41) is 1.36. The summed E-state index contributed by atoms with van der Waals surface area (Å²) in [6.07, 6.45) is 6.41. The fourth-order valence-electron chi connectivity index (χ4n) is 4.95. The molecule has 0 aliphatic carbocycles. The number of imide groups is 1. The minimum atomic E-state index is -0.143. The number of nitrogens with zero attached hydrogens (tertiary/aromatic N) is 2. The first-order valence-corrected chi connectivity index (χ1v) is 11.0. The Morgan fingerprint density at radius 3 is 2.16 bits per heavy atom. The lowest BCUT2D eigenvalue weighted by molar-refractivity contribution is 0.0649. The molecule has 0 saturated carbocycles. The van der Waals surface area contributed by atoms with Crippen LogP contribution in [0.25, 0.3) is 10.9 Å². The summed E-state index contributed by atoms with van der Waals surface area (Å²) >= 11 is 0. The van der Waals surface area contributed by atoms with Gasteiger partial charge in [-0.2, -0.15) is 0 Å². The third-order valence-electron chi connectivity index (χ3n) is 6.63. The van der Waals surface area contributed by atoms with Crippen LogP contribution in [0.3, 0.4) is 0 Å². The molecule has 0 unspecified atom stereocenters. The molecule has 3 heterocycles. The van der Waals surface area contributed by atoms with Crippen LogP contribution in [0.2, 0.25) is 0 Å². The Bertz CT molecular complexity index is 1050. The average molecular weight is 438 g/mol. The van der Waals surface area contributed by atoms with Crippen molar-refractivity contribution in [1.29, 1.82) is 0 Å². The molecule has 1 fully saturated rings. The zero-order valence-corrected chi connectivity index (χ0v) is 18.4. The van der Waals surface area contributed by atoms with Gasteiger partial charge in [0.1, 0.15) is 0 Å². The summed E-state index contributed by atoms with van der Waals surface area (Å²) in [4.78, 5) is 32.2. The Hall–Kier alpha value is -2.63. The highest BCUT2D eigenvalue weighted by Gasteiger charge is 2.34. The molecule has 6 heteroatoms. The number of carbonyl (C=O) groups excluding carboxylic acids is 2. The standard InChI is InChI=1S/C25H27N3O2.ClH/c29-24-20-8-1-2-9-21(20)25(30)28(24)14-6-5-13-27-15-11-18(12-16-27)22-17-26-23-10-4-3-7-19(22)23;/h1-4,7-10,17-18,26H,5-6,11-16H2;1H. The Morgan fingerprint density at radius 1 is 0.839 bits per heavy atom. The number of unbranched alkanes of at least 4 members (excludes halogenated alkanes) is 1. The number of para-hydroxylation sites is 1. The van der Waals surface area contributed by atoms with Gasteiger partial charge in [-0.15, -0.1) is 12.4 Å². The number of H-pyrrole nitrogens is 1. The monoisotopic (exact) mass is 437 g/mol. The molecular formula is C25H28ClN3O2. The van der Waals surface area contributed by atoms with E-state index in [4.69, 9.17) is 0 Å². The van der Waals surface area contributed by atoms with Crippen molar-refractivity contribution >= 4 is 35.1 Å². The Balaban J connectivity index is 0.00000231. The summed E-state index contributed by atoms with van der Waals surface area (Å²) in [6.45, 7) is 3.76. The highest BCUT2D eigenvalue weighted by atomic mass is 35.5. The summed E-state index contributed by atoms with van der Waals surface area (Å²) in [6, 6.07) is 15.7. The Morgan fingerprint density at radius 2 is 1.45 bits per heavy atom. The minimum absolute atomic E-state index is 0. The van der Waals surface area contributed by atoms with Gasteiger partial charge in [0, 0.05) is 23.6 Å². The fraction of sp³-hybridized carbons (Fsp3) is 0.360. The lowest BCUT2D eigenvalue weighted by Crippen LogP contribution is -2.34. The molecule has 2 aliphatic heterocycles. The molecule has 2 aliphatic rings. The molecule has 2 amide bonds. The van der Waals surface area contributed by atoms with Gasteiger partial charge in [0.2, 0.25) is 0 Å². The predicted octanol–water partition coefficient (Wildman–Crippen LogP) is 4.85. The van der Waals surface area contributed by atoms with Gasteiger partial charge in [-0.05, 0) is 75.0 Å². The lowest BCUT2D eigenvalue weighted by Gasteiger charge is -2.32. The van der Waals surface area contributed by atoms with Crippen molar-refractivity contribution in [3.63, 3.8) is 0 Å². The topological polar surface area (TPSA) is 56.4 Å². The smallest absolute Gasteiger partial charge is 0.261 e. The van der Waals surface area contributed by atoms with E-state index in [-0.39, 0.29) is 24.2 Å². The first-order valence-electron chi connectivity index (χ1n) is 11.0. The molecule has 2 aromatic carbocycles. The van der Waals surface area contributed by atoms with E-state index in [0.717, 1.165) is 32.5 Å². The highest BCUT2D eigenvalue weighted by Crippen LogP contribution is 2.33. The Kier molecular flexibility index (Phi) is 6.44. The quantitative estimate of drug-likeness (QED) is 0.443. The molecule has 1 N–H and O–H groups in total. The number of nitrogens with one attached hydrogen (secondary N) is 1. The number of rotatable bonds is 6. The van der Waals surface area contributed by atoms with Crippen LogP contribution in [0.1, 0.15) is 57.9 Å². The zero-order chi connectivity index (χ0) is 20.5. The van der Waals surface area contributed by atoms with Crippen LogP contribution in [0.15, 0.2) is 54.7 Å². The van der Waals surface area contributed by atoms with Crippen molar-refractivity contribution in [2.24, 2.45) is 0 Å². The van der Waals surface area contributed by atoms with Gasteiger partial charge >= 0.3 is 0 Å². The minimum Gasteiger partial charge on any atom is -0.361 e. The number of benzene rings is 2. The van der Waals surface area contributed by atoms with Crippen molar-refractivity contribution in [3.05, 3.63) is 71.4 Å². The molecule has 31 heavy (non-hydrogen) atoms. The SMILES string of the molecule is Cl.O=C1c2ccccc2C(=O)N1CCCCN1CCC(c2c[nH]c3ccccc23)CC1. The van der Waals surface area contributed by atoms with Crippen molar-refractivity contribution in [3.8, 4) is 0 Å². The summed E-state index contributed by atoms with van der Waals surface area (Å²) in [5.74, 6) is 0.334. The molecule has 0 spiro atoms. The van der Waals surface area contributed by atoms with E-state index in [9.17, 15) is 9.59 Å². The third kappa shape index (κ3) is 4.12. The first-order chi connectivity index (χ1) is 14.7. The van der Waals surface area contributed by atoms with E-state index in [1.165, 1.54) is 34.2 Å². The Labute approximate surface area is 188 Å². The number of piperidine rings is 1. The van der Waals surface area contributed by atoms with Crippen LogP contribution < -0.4 is 0 Å². The highest BCUT2D eigenvalue weighted by molar-refractivity contribution is 6.21.